The van der Waals surface area contributed by atoms with Gasteiger partial charge in [-0.3, -0.25) is 4.72 Å². The highest BCUT2D eigenvalue weighted by Crippen LogP contribution is 2.09. The maximum Gasteiger partial charge on any atom is 0.263 e. The van der Waals surface area contributed by atoms with Gasteiger partial charge in [0.2, 0.25) is 0 Å². The Labute approximate surface area is 127 Å². The summed E-state index contributed by atoms with van der Waals surface area (Å²) in [5.41, 5.74) is 1.01. The summed E-state index contributed by atoms with van der Waals surface area (Å²) < 4.78 is 26.5. The summed E-state index contributed by atoms with van der Waals surface area (Å²) in [4.78, 5) is 0.221. The molecular formula is C14H22N2O2S2. The van der Waals surface area contributed by atoms with Gasteiger partial charge in [0, 0.05) is 6.54 Å². The summed E-state index contributed by atoms with van der Waals surface area (Å²) in [7, 11) is -3.58. The largest absolute Gasteiger partial charge is 0.362 e. The molecule has 0 amide bonds. The van der Waals surface area contributed by atoms with Gasteiger partial charge < -0.3 is 5.32 Å². The number of hydrogen-bond acceptors (Lipinski definition) is 3. The Hall–Kier alpha value is -1.14. The molecule has 0 heterocycles. The number of aryl methyl sites for hydroxylation is 1. The molecule has 1 aromatic carbocycles. The minimum atomic E-state index is -3.58. The van der Waals surface area contributed by atoms with Crippen molar-refractivity contribution in [3.63, 3.8) is 0 Å². The molecule has 0 saturated carbocycles. The molecule has 20 heavy (non-hydrogen) atoms. The molecule has 6 heteroatoms. The number of thiocarbonyl (C=S) groups is 1. The third kappa shape index (κ3) is 5.88. The van der Waals surface area contributed by atoms with E-state index in [2.05, 4.69) is 17.0 Å². The van der Waals surface area contributed by atoms with E-state index in [9.17, 15) is 8.42 Å². The number of benzene rings is 1. The van der Waals surface area contributed by atoms with E-state index in [1.807, 2.05) is 6.92 Å². The molecule has 4 nitrogen and oxygen atoms in total. The van der Waals surface area contributed by atoms with Crippen molar-refractivity contribution in [2.24, 2.45) is 0 Å². The Bertz CT molecular complexity index is 525. The van der Waals surface area contributed by atoms with E-state index in [-0.39, 0.29) is 10.0 Å². The predicted molar refractivity (Wildman–Crippen MR) is 86.2 cm³/mol. The fraction of sp³-hybridized carbons (Fsp3) is 0.500. The first kappa shape index (κ1) is 16.9. The number of rotatable bonds is 7. The lowest BCUT2D eigenvalue weighted by Crippen LogP contribution is -2.39. The van der Waals surface area contributed by atoms with Crippen molar-refractivity contribution in [1.29, 1.82) is 0 Å². The molecule has 0 bridgehead atoms. The molecule has 0 fully saturated rings. The fourth-order valence-electron chi connectivity index (χ4n) is 1.69. The van der Waals surface area contributed by atoms with Gasteiger partial charge in [-0.1, -0.05) is 43.9 Å². The van der Waals surface area contributed by atoms with Crippen molar-refractivity contribution in [3.05, 3.63) is 29.8 Å². The van der Waals surface area contributed by atoms with Crippen LogP contribution in [0.25, 0.3) is 0 Å². The minimum absolute atomic E-state index is 0.155. The first-order valence-electron chi connectivity index (χ1n) is 6.83. The summed E-state index contributed by atoms with van der Waals surface area (Å²) in [5.74, 6) is 0. The molecule has 1 rings (SSSR count). The molecule has 0 saturated heterocycles. The van der Waals surface area contributed by atoms with Crippen LogP contribution in [0.4, 0.5) is 0 Å². The SMILES string of the molecule is CCCCCCNC(=S)NS(=O)(=O)c1ccc(C)cc1. The first-order valence-corrected chi connectivity index (χ1v) is 8.72. The number of unbranched alkanes of at least 4 members (excludes halogenated alkanes) is 3. The van der Waals surface area contributed by atoms with Crippen LogP contribution < -0.4 is 10.0 Å². The summed E-state index contributed by atoms with van der Waals surface area (Å²) >= 11 is 5.00. The van der Waals surface area contributed by atoms with E-state index >= 15 is 0 Å². The topological polar surface area (TPSA) is 58.2 Å². The molecule has 2 N–H and O–H groups in total. The molecule has 112 valence electrons. The van der Waals surface area contributed by atoms with Crippen LogP contribution in [0, 0.1) is 6.92 Å². The predicted octanol–water partition coefficient (Wildman–Crippen LogP) is 2.73. The lowest BCUT2D eigenvalue weighted by Gasteiger charge is -2.11. The van der Waals surface area contributed by atoms with Crippen LogP contribution in [0.3, 0.4) is 0 Å². The summed E-state index contributed by atoms with van der Waals surface area (Å²) in [5, 5.41) is 3.07. The second kappa shape index (κ2) is 8.21. The normalized spacial score (nSPS) is 11.1. The molecule has 1 aromatic rings. The second-order valence-electron chi connectivity index (χ2n) is 4.74. The summed E-state index contributed by atoms with van der Waals surface area (Å²) in [6, 6.07) is 6.66. The zero-order chi connectivity index (χ0) is 15.0. The van der Waals surface area contributed by atoms with Gasteiger partial charge in [0.05, 0.1) is 4.90 Å². The fourth-order valence-corrected chi connectivity index (χ4v) is 3.05. The molecule has 0 unspecified atom stereocenters. The smallest absolute Gasteiger partial charge is 0.263 e. The maximum absolute atomic E-state index is 12.1. The lowest BCUT2D eigenvalue weighted by atomic mass is 10.2. The van der Waals surface area contributed by atoms with Gasteiger partial charge in [-0.2, -0.15) is 0 Å². The van der Waals surface area contributed by atoms with Gasteiger partial charge in [0.1, 0.15) is 0 Å². The Kier molecular flexibility index (Phi) is 6.95. The van der Waals surface area contributed by atoms with E-state index in [1.165, 1.54) is 12.8 Å². The number of hydrogen-bond donors (Lipinski definition) is 2. The van der Waals surface area contributed by atoms with Crippen molar-refractivity contribution < 1.29 is 8.42 Å². The van der Waals surface area contributed by atoms with Gasteiger partial charge in [-0.25, -0.2) is 8.42 Å². The molecule has 0 aromatic heterocycles. The molecule has 0 spiro atoms. The zero-order valence-corrected chi connectivity index (χ0v) is 13.6. The van der Waals surface area contributed by atoms with Gasteiger partial charge >= 0.3 is 0 Å². The third-order valence-electron chi connectivity index (χ3n) is 2.87. The Morgan fingerprint density at radius 1 is 1.15 bits per heavy atom. The van der Waals surface area contributed by atoms with Crippen molar-refractivity contribution in [3.8, 4) is 0 Å². The summed E-state index contributed by atoms with van der Waals surface area (Å²) in [6.45, 7) is 4.75. The monoisotopic (exact) mass is 314 g/mol. The average molecular weight is 314 g/mol. The molecule has 0 aliphatic rings. The van der Waals surface area contributed by atoms with Gasteiger partial charge in [0.25, 0.3) is 10.0 Å². The molecule has 0 atom stereocenters. The highest BCUT2D eigenvalue weighted by Gasteiger charge is 2.14. The molecular weight excluding hydrogens is 292 g/mol. The van der Waals surface area contributed by atoms with Crippen LogP contribution in [-0.2, 0) is 10.0 Å². The number of nitrogens with one attached hydrogen (secondary N) is 2. The Morgan fingerprint density at radius 2 is 1.80 bits per heavy atom. The minimum Gasteiger partial charge on any atom is -0.362 e. The van der Waals surface area contributed by atoms with Crippen LogP contribution in [0.1, 0.15) is 38.2 Å². The van der Waals surface area contributed by atoms with Crippen LogP contribution in [0.15, 0.2) is 29.2 Å². The van der Waals surface area contributed by atoms with Crippen LogP contribution in [0.2, 0.25) is 0 Å². The highest BCUT2D eigenvalue weighted by molar-refractivity contribution is 7.91. The van der Waals surface area contributed by atoms with Gasteiger partial charge in [-0.05, 0) is 37.7 Å². The zero-order valence-electron chi connectivity index (χ0n) is 12.0. The van der Waals surface area contributed by atoms with E-state index < -0.39 is 10.0 Å². The summed E-state index contributed by atoms with van der Waals surface area (Å²) in [6.07, 6.45) is 4.46. The molecule has 0 aliphatic heterocycles. The van der Waals surface area contributed by atoms with Crippen molar-refractivity contribution in [2.75, 3.05) is 6.54 Å². The molecule has 0 aliphatic carbocycles. The van der Waals surface area contributed by atoms with E-state index in [1.54, 1.807) is 24.3 Å². The molecule has 0 radical (unpaired) electrons. The highest BCUT2D eigenvalue weighted by atomic mass is 32.2. The Balaban J connectivity index is 2.46. The van der Waals surface area contributed by atoms with Crippen LogP contribution in [0.5, 0.6) is 0 Å². The maximum atomic E-state index is 12.1. The first-order chi connectivity index (χ1) is 9.45. The Morgan fingerprint density at radius 3 is 2.40 bits per heavy atom. The number of sulfonamides is 1. The lowest BCUT2D eigenvalue weighted by molar-refractivity contribution is 0.591. The van der Waals surface area contributed by atoms with E-state index in [0.29, 0.717) is 6.54 Å². The average Bonchev–Trinajstić information content (AvgIpc) is 2.38. The van der Waals surface area contributed by atoms with E-state index in [0.717, 1.165) is 18.4 Å². The van der Waals surface area contributed by atoms with Crippen LogP contribution in [-0.4, -0.2) is 20.1 Å². The third-order valence-corrected chi connectivity index (χ3v) is 4.62. The van der Waals surface area contributed by atoms with Crippen molar-refractivity contribution in [1.82, 2.24) is 10.0 Å². The van der Waals surface area contributed by atoms with Crippen molar-refractivity contribution >= 4 is 27.4 Å². The van der Waals surface area contributed by atoms with E-state index in [4.69, 9.17) is 12.2 Å². The standard InChI is InChI=1S/C14H22N2O2S2/c1-3-4-5-6-11-15-14(19)16-20(17,18)13-9-7-12(2)8-10-13/h7-10H,3-6,11H2,1-2H3,(H2,15,16,19). The quantitative estimate of drug-likeness (QED) is 0.600. The van der Waals surface area contributed by atoms with Gasteiger partial charge in [0.15, 0.2) is 5.11 Å². The second-order valence-corrected chi connectivity index (χ2v) is 6.83. The van der Waals surface area contributed by atoms with Crippen LogP contribution >= 0.6 is 12.2 Å². The van der Waals surface area contributed by atoms with Crippen molar-refractivity contribution in [2.45, 2.75) is 44.4 Å². The van der Waals surface area contributed by atoms with Gasteiger partial charge in [-0.15, -0.1) is 0 Å².